The minimum atomic E-state index is 0.274. The Labute approximate surface area is 139 Å². The van der Waals surface area contributed by atoms with Gasteiger partial charge in [-0.1, -0.05) is 24.3 Å². The highest BCUT2D eigenvalue weighted by atomic mass is 16.3. The number of β-amino-alcohol motifs (C(OH)–C–C–N with tert-alkyl or cyclic N) is 1. The van der Waals surface area contributed by atoms with Gasteiger partial charge in [0.05, 0.1) is 6.61 Å². The van der Waals surface area contributed by atoms with Gasteiger partial charge in [-0.15, -0.1) is 0 Å². The van der Waals surface area contributed by atoms with Crippen LogP contribution >= 0.6 is 0 Å². The molecule has 1 aromatic carbocycles. The molecule has 1 atom stereocenters. The van der Waals surface area contributed by atoms with Crippen molar-refractivity contribution >= 4 is 0 Å². The van der Waals surface area contributed by atoms with Gasteiger partial charge in [-0.3, -0.25) is 9.80 Å². The lowest BCUT2D eigenvalue weighted by Crippen LogP contribution is -2.47. The van der Waals surface area contributed by atoms with Gasteiger partial charge in [-0.05, 0) is 24.1 Å². The van der Waals surface area contributed by atoms with E-state index in [-0.39, 0.29) is 6.61 Å². The molecular formula is C18H30N4O. The second-order valence-corrected chi connectivity index (χ2v) is 6.68. The summed E-state index contributed by atoms with van der Waals surface area (Å²) >= 11 is 0. The Balaban J connectivity index is 1.42. The van der Waals surface area contributed by atoms with Crippen molar-refractivity contribution in [3.8, 4) is 0 Å². The van der Waals surface area contributed by atoms with Gasteiger partial charge in [0.25, 0.3) is 0 Å². The zero-order valence-corrected chi connectivity index (χ0v) is 14.0. The van der Waals surface area contributed by atoms with Gasteiger partial charge in [0.15, 0.2) is 0 Å². The topological polar surface area (TPSA) is 56.0 Å². The van der Waals surface area contributed by atoms with Crippen molar-refractivity contribution in [3.63, 3.8) is 0 Å². The predicted molar refractivity (Wildman–Crippen MR) is 93.2 cm³/mol. The molecule has 23 heavy (non-hydrogen) atoms. The summed E-state index contributed by atoms with van der Waals surface area (Å²) < 4.78 is 0. The number of fused-ring (bicyclic) bond motifs is 1. The number of nitrogens with two attached hydrogens (primary N) is 1. The van der Waals surface area contributed by atoms with Gasteiger partial charge in [0.1, 0.15) is 0 Å². The molecule has 0 saturated carbocycles. The summed E-state index contributed by atoms with van der Waals surface area (Å²) in [6.07, 6.45) is 1.20. The molecular weight excluding hydrogens is 288 g/mol. The van der Waals surface area contributed by atoms with E-state index in [0.717, 1.165) is 52.4 Å². The van der Waals surface area contributed by atoms with E-state index in [1.807, 2.05) is 0 Å². The Kier molecular flexibility index (Phi) is 6.02. The highest BCUT2D eigenvalue weighted by Gasteiger charge is 2.28. The van der Waals surface area contributed by atoms with Gasteiger partial charge >= 0.3 is 0 Å². The molecule has 1 aromatic rings. The van der Waals surface area contributed by atoms with Gasteiger partial charge in [0, 0.05) is 58.4 Å². The minimum Gasteiger partial charge on any atom is -0.395 e. The summed E-state index contributed by atoms with van der Waals surface area (Å²) in [7, 11) is 0. The van der Waals surface area contributed by atoms with Crippen LogP contribution in [-0.2, 0) is 6.54 Å². The number of benzene rings is 1. The summed E-state index contributed by atoms with van der Waals surface area (Å²) in [6, 6.07) is 9.11. The first-order valence-electron chi connectivity index (χ1n) is 8.89. The predicted octanol–water partition coefficient (Wildman–Crippen LogP) is 0.502. The molecule has 1 saturated heterocycles. The Morgan fingerprint density at radius 2 is 1.70 bits per heavy atom. The quantitative estimate of drug-likeness (QED) is 0.767. The van der Waals surface area contributed by atoms with Crippen molar-refractivity contribution in [3.05, 3.63) is 35.4 Å². The van der Waals surface area contributed by atoms with Crippen LogP contribution in [0.4, 0.5) is 0 Å². The molecule has 1 fully saturated rings. The normalized spacial score (nSPS) is 23.3. The van der Waals surface area contributed by atoms with Crippen molar-refractivity contribution in [1.82, 2.24) is 14.7 Å². The summed E-state index contributed by atoms with van der Waals surface area (Å²) in [5, 5.41) is 9.00. The van der Waals surface area contributed by atoms with Gasteiger partial charge < -0.3 is 15.7 Å². The first-order valence-corrected chi connectivity index (χ1v) is 8.89. The Morgan fingerprint density at radius 1 is 1.00 bits per heavy atom. The maximum absolute atomic E-state index is 9.00. The van der Waals surface area contributed by atoms with E-state index in [0.29, 0.717) is 12.6 Å². The lowest BCUT2D eigenvalue weighted by Gasteiger charge is -2.34. The summed E-state index contributed by atoms with van der Waals surface area (Å²) in [6.45, 7) is 9.54. The van der Waals surface area contributed by atoms with E-state index < -0.39 is 0 Å². The monoisotopic (exact) mass is 318 g/mol. The molecule has 5 nitrogen and oxygen atoms in total. The fourth-order valence-electron chi connectivity index (χ4n) is 3.92. The van der Waals surface area contributed by atoms with Crippen molar-refractivity contribution in [2.75, 3.05) is 59.0 Å². The molecule has 0 aliphatic carbocycles. The first-order chi connectivity index (χ1) is 11.3. The van der Waals surface area contributed by atoms with Crippen LogP contribution in [0, 0.1) is 0 Å². The molecule has 3 rings (SSSR count). The van der Waals surface area contributed by atoms with Crippen molar-refractivity contribution in [2.45, 2.75) is 19.0 Å². The fourth-order valence-corrected chi connectivity index (χ4v) is 3.92. The van der Waals surface area contributed by atoms with Crippen LogP contribution in [-0.4, -0.2) is 78.8 Å². The van der Waals surface area contributed by atoms with Crippen LogP contribution in [0.3, 0.4) is 0 Å². The fraction of sp³-hybridized carbons (Fsp3) is 0.667. The average Bonchev–Trinajstić information content (AvgIpc) is 2.94. The lowest BCUT2D eigenvalue weighted by molar-refractivity contribution is 0.107. The third-order valence-corrected chi connectivity index (χ3v) is 5.25. The van der Waals surface area contributed by atoms with Crippen molar-refractivity contribution in [1.29, 1.82) is 0 Å². The smallest absolute Gasteiger partial charge is 0.0558 e. The number of hydrogen-bond donors (Lipinski definition) is 2. The highest BCUT2D eigenvalue weighted by Crippen LogP contribution is 2.32. The number of aliphatic hydroxyl groups excluding tert-OH is 1. The SMILES string of the molecule is NCC1c2ccccc2CN1CCCN1CCN(CCO)CC1. The molecule has 128 valence electrons. The number of rotatable bonds is 7. The lowest BCUT2D eigenvalue weighted by atomic mass is 10.1. The summed E-state index contributed by atoms with van der Waals surface area (Å²) in [5.74, 6) is 0. The van der Waals surface area contributed by atoms with Crippen LogP contribution in [0.5, 0.6) is 0 Å². The molecule has 0 aromatic heterocycles. The second kappa shape index (κ2) is 8.22. The molecule has 0 radical (unpaired) electrons. The number of piperazine rings is 1. The largest absolute Gasteiger partial charge is 0.395 e. The van der Waals surface area contributed by atoms with Crippen molar-refractivity contribution in [2.24, 2.45) is 5.73 Å². The molecule has 5 heteroatoms. The van der Waals surface area contributed by atoms with Crippen molar-refractivity contribution < 1.29 is 5.11 Å². The Bertz CT molecular complexity index is 488. The van der Waals surface area contributed by atoms with Crippen LogP contribution < -0.4 is 5.73 Å². The standard InChI is InChI=1S/C18H30N4O/c19-14-18-17-5-2-1-4-16(17)15-22(18)7-3-6-20-8-10-21(11-9-20)12-13-23/h1-2,4-5,18,23H,3,6-15,19H2. The molecule has 0 amide bonds. The van der Waals surface area contributed by atoms with Gasteiger partial charge in [0.2, 0.25) is 0 Å². The van der Waals surface area contributed by atoms with E-state index in [9.17, 15) is 0 Å². The van der Waals surface area contributed by atoms with E-state index in [1.54, 1.807) is 0 Å². The molecule has 0 bridgehead atoms. The average molecular weight is 318 g/mol. The molecule has 2 heterocycles. The Hall–Kier alpha value is -0.980. The molecule has 3 N–H and O–H groups in total. The number of nitrogens with zero attached hydrogens (tertiary/aromatic N) is 3. The van der Waals surface area contributed by atoms with Gasteiger partial charge in [-0.2, -0.15) is 0 Å². The third kappa shape index (κ3) is 4.11. The summed E-state index contributed by atoms with van der Waals surface area (Å²) in [5.41, 5.74) is 8.89. The third-order valence-electron chi connectivity index (χ3n) is 5.25. The van der Waals surface area contributed by atoms with Crippen LogP contribution in [0.1, 0.15) is 23.6 Å². The number of hydrogen-bond acceptors (Lipinski definition) is 5. The van der Waals surface area contributed by atoms with Crippen LogP contribution in [0.15, 0.2) is 24.3 Å². The van der Waals surface area contributed by atoms with E-state index >= 15 is 0 Å². The minimum absolute atomic E-state index is 0.274. The maximum atomic E-state index is 9.00. The second-order valence-electron chi connectivity index (χ2n) is 6.68. The maximum Gasteiger partial charge on any atom is 0.0558 e. The first kappa shape index (κ1) is 16.9. The summed E-state index contributed by atoms with van der Waals surface area (Å²) in [4.78, 5) is 7.43. The molecule has 0 spiro atoms. The van der Waals surface area contributed by atoms with E-state index in [1.165, 1.54) is 17.5 Å². The number of aliphatic hydroxyl groups is 1. The van der Waals surface area contributed by atoms with E-state index in [2.05, 4.69) is 39.0 Å². The molecule has 1 unspecified atom stereocenters. The zero-order chi connectivity index (χ0) is 16.1. The Morgan fingerprint density at radius 3 is 2.39 bits per heavy atom. The zero-order valence-electron chi connectivity index (χ0n) is 14.0. The van der Waals surface area contributed by atoms with E-state index in [4.69, 9.17) is 10.8 Å². The highest BCUT2D eigenvalue weighted by molar-refractivity contribution is 5.34. The molecule has 2 aliphatic heterocycles. The van der Waals surface area contributed by atoms with Crippen LogP contribution in [0.25, 0.3) is 0 Å². The van der Waals surface area contributed by atoms with Crippen LogP contribution in [0.2, 0.25) is 0 Å². The van der Waals surface area contributed by atoms with Gasteiger partial charge in [-0.25, -0.2) is 0 Å². The molecule has 2 aliphatic rings.